The van der Waals surface area contributed by atoms with Gasteiger partial charge in [0.15, 0.2) is 5.54 Å². The van der Waals surface area contributed by atoms with Crippen LogP contribution in [0.5, 0.6) is 0 Å². The molecular formula is C18H16ClF3N4O2. The van der Waals surface area contributed by atoms with Crippen molar-refractivity contribution in [2.24, 2.45) is 10.7 Å². The number of nitrogens with one attached hydrogen (secondary N) is 1. The number of pyridine rings is 1. The fourth-order valence-corrected chi connectivity index (χ4v) is 3.01. The average molecular weight is 413 g/mol. The third kappa shape index (κ3) is 3.67. The van der Waals surface area contributed by atoms with Gasteiger partial charge in [-0.1, -0.05) is 11.6 Å². The Hall–Kier alpha value is -2.65. The molecule has 1 aliphatic heterocycles. The summed E-state index contributed by atoms with van der Waals surface area (Å²) in [6.07, 6.45) is 1.38. The molecule has 0 saturated heterocycles. The summed E-state index contributed by atoms with van der Waals surface area (Å²) in [4.78, 5) is 20.0. The number of aliphatic imine (C=N–C) groups is 1. The zero-order valence-corrected chi connectivity index (χ0v) is 15.4. The number of ether oxygens (including phenoxy) is 1. The van der Waals surface area contributed by atoms with E-state index >= 15 is 0 Å². The maximum Gasteiger partial charge on any atom is 0.299 e. The van der Waals surface area contributed by atoms with Gasteiger partial charge >= 0.3 is 0 Å². The van der Waals surface area contributed by atoms with Gasteiger partial charge in [-0.3, -0.25) is 9.79 Å². The van der Waals surface area contributed by atoms with E-state index in [1.165, 1.54) is 18.3 Å². The van der Waals surface area contributed by atoms with Crippen molar-refractivity contribution in [3.63, 3.8) is 0 Å². The zero-order chi connectivity index (χ0) is 20.5. The minimum absolute atomic E-state index is 0.0586. The number of aromatic nitrogens is 1. The monoisotopic (exact) mass is 412 g/mol. The zero-order valence-electron chi connectivity index (χ0n) is 14.7. The lowest BCUT2D eigenvalue weighted by Gasteiger charge is -2.33. The maximum absolute atomic E-state index is 14.7. The number of nitrogens with zero attached hydrogens (tertiary/aromatic N) is 2. The summed E-state index contributed by atoms with van der Waals surface area (Å²) in [5, 5.41) is 2.58. The van der Waals surface area contributed by atoms with Gasteiger partial charge < -0.3 is 15.8 Å². The molecule has 28 heavy (non-hydrogen) atoms. The molecule has 1 amide bonds. The summed E-state index contributed by atoms with van der Waals surface area (Å²) in [6, 6.07) is 6.30. The van der Waals surface area contributed by atoms with Crippen molar-refractivity contribution < 1.29 is 22.7 Å². The standard InChI is InChI=1S/C18H16ClF3N4O2/c1-17(18(21,22)9-28-8-14(23)26-17)11-7-10(4-5-13(11)20)25-16(27)15-12(19)3-2-6-24-15/h2-7H,8-9H2,1H3,(H2,23,26)(H,25,27). The second-order valence-corrected chi connectivity index (χ2v) is 6.76. The van der Waals surface area contributed by atoms with Gasteiger partial charge in [0.05, 0.1) is 5.02 Å². The van der Waals surface area contributed by atoms with Gasteiger partial charge in [-0.05, 0) is 37.3 Å². The van der Waals surface area contributed by atoms with Crippen LogP contribution in [0.2, 0.25) is 5.02 Å². The minimum Gasteiger partial charge on any atom is -0.385 e. The molecule has 0 spiro atoms. The van der Waals surface area contributed by atoms with Crippen LogP contribution in [-0.2, 0) is 10.3 Å². The third-order valence-corrected chi connectivity index (χ3v) is 4.64. The summed E-state index contributed by atoms with van der Waals surface area (Å²) in [5.41, 5.74) is 2.86. The van der Waals surface area contributed by atoms with E-state index in [1.807, 2.05) is 0 Å². The first-order chi connectivity index (χ1) is 13.1. The second kappa shape index (κ2) is 7.40. The number of benzene rings is 1. The van der Waals surface area contributed by atoms with Crippen molar-refractivity contribution in [2.45, 2.75) is 18.4 Å². The van der Waals surface area contributed by atoms with Crippen molar-refractivity contribution >= 4 is 29.0 Å². The Kier molecular flexibility index (Phi) is 5.31. The lowest BCUT2D eigenvalue weighted by molar-refractivity contribution is -0.116. The molecule has 1 unspecified atom stereocenters. The highest BCUT2D eigenvalue weighted by atomic mass is 35.5. The third-order valence-electron chi connectivity index (χ3n) is 4.33. The van der Waals surface area contributed by atoms with Crippen molar-refractivity contribution in [3.05, 3.63) is 58.6 Å². The highest BCUT2D eigenvalue weighted by Crippen LogP contribution is 2.44. The van der Waals surface area contributed by atoms with Crippen molar-refractivity contribution in [1.82, 2.24) is 4.98 Å². The Morgan fingerprint density at radius 3 is 2.82 bits per heavy atom. The van der Waals surface area contributed by atoms with Crippen molar-refractivity contribution in [1.29, 1.82) is 0 Å². The van der Waals surface area contributed by atoms with Gasteiger partial charge in [-0.2, -0.15) is 0 Å². The smallest absolute Gasteiger partial charge is 0.299 e. The molecule has 1 aliphatic rings. The van der Waals surface area contributed by atoms with E-state index in [1.54, 1.807) is 6.07 Å². The molecule has 148 valence electrons. The predicted molar refractivity (Wildman–Crippen MR) is 98.3 cm³/mol. The van der Waals surface area contributed by atoms with Crippen LogP contribution in [0.25, 0.3) is 0 Å². The molecular weight excluding hydrogens is 397 g/mol. The highest BCUT2D eigenvalue weighted by molar-refractivity contribution is 6.34. The fraction of sp³-hybridized carbons (Fsp3) is 0.278. The molecule has 1 atom stereocenters. The van der Waals surface area contributed by atoms with Crippen molar-refractivity contribution in [2.75, 3.05) is 18.5 Å². The molecule has 0 bridgehead atoms. The minimum atomic E-state index is -3.54. The number of carbonyl (C=O) groups is 1. The summed E-state index contributed by atoms with van der Waals surface area (Å²) in [7, 11) is 0. The first kappa shape index (κ1) is 20.1. The lowest BCUT2D eigenvalue weighted by atomic mass is 9.85. The molecule has 3 N–H and O–H groups in total. The van der Waals surface area contributed by atoms with E-state index in [4.69, 9.17) is 22.1 Å². The number of hydrogen-bond acceptors (Lipinski definition) is 5. The fourth-order valence-electron chi connectivity index (χ4n) is 2.80. The first-order valence-corrected chi connectivity index (χ1v) is 8.53. The van der Waals surface area contributed by atoms with Gasteiger partial charge in [0.2, 0.25) is 0 Å². The Balaban J connectivity index is 2.01. The molecule has 0 aliphatic carbocycles. The van der Waals surface area contributed by atoms with E-state index in [9.17, 15) is 18.0 Å². The maximum atomic E-state index is 14.7. The molecule has 0 fully saturated rings. The number of nitrogens with two attached hydrogens (primary N) is 1. The topological polar surface area (TPSA) is 89.6 Å². The Morgan fingerprint density at radius 2 is 2.11 bits per heavy atom. The Bertz CT molecular complexity index is 954. The van der Waals surface area contributed by atoms with Crippen LogP contribution in [0.3, 0.4) is 0 Å². The number of alkyl halides is 2. The number of halogens is 4. The number of rotatable bonds is 3. The Morgan fingerprint density at radius 1 is 1.36 bits per heavy atom. The van der Waals surface area contributed by atoms with Gasteiger partial charge in [0, 0.05) is 17.4 Å². The van der Waals surface area contributed by atoms with Crippen molar-refractivity contribution in [3.8, 4) is 0 Å². The predicted octanol–water partition coefficient (Wildman–Crippen LogP) is 3.36. The van der Waals surface area contributed by atoms with Crippen LogP contribution in [0, 0.1) is 5.82 Å². The molecule has 3 rings (SSSR count). The molecule has 1 aromatic carbocycles. The van der Waals surface area contributed by atoms with Crippen LogP contribution in [-0.4, -0.2) is 35.9 Å². The summed E-state index contributed by atoms with van der Waals surface area (Å²) in [6.45, 7) is -0.206. The van der Waals surface area contributed by atoms with Crippen LogP contribution in [0.15, 0.2) is 41.5 Å². The van der Waals surface area contributed by atoms with E-state index in [0.717, 1.165) is 19.1 Å². The molecule has 1 aromatic heterocycles. The summed E-state index contributed by atoms with van der Waals surface area (Å²) in [5.74, 6) is -5.32. The van der Waals surface area contributed by atoms with Gasteiger partial charge in [0.25, 0.3) is 11.8 Å². The normalized spacial score (nSPS) is 21.5. The number of amidine groups is 1. The van der Waals surface area contributed by atoms with Gasteiger partial charge in [0.1, 0.15) is 30.6 Å². The number of hydrogen-bond donors (Lipinski definition) is 2. The van der Waals surface area contributed by atoms with Crippen LogP contribution in [0.4, 0.5) is 18.9 Å². The molecule has 10 heteroatoms. The van der Waals surface area contributed by atoms with Gasteiger partial charge in [-0.15, -0.1) is 0 Å². The quantitative estimate of drug-likeness (QED) is 0.808. The van der Waals surface area contributed by atoms with E-state index < -0.39 is 35.4 Å². The summed E-state index contributed by atoms with van der Waals surface area (Å²) < 4.78 is 48.7. The largest absolute Gasteiger partial charge is 0.385 e. The molecule has 0 radical (unpaired) electrons. The molecule has 0 saturated carbocycles. The number of carbonyl (C=O) groups excluding carboxylic acids is 1. The van der Waals surface area contributed by atoms with Crippen LogP contribution in [0.1, 0.15) is 23.0 Å². The van der Waals surface area contributed by atoms with Crippen LogP contribution < -0.4 is 11.1 Å². The molecule has 2 aromatic rings. The average Bonchev–Trinajstić information content (AvgIpc) is 2.72. The van der Waals surface area contributed by atoms with Crippen LogP contribution >= 0.6 is 11.6 Å². The summed E-state index contributed by atoms with van der Waals surface area (Å²) >= 11 is 5.93. The van der Waals surface area contributed by atoms with E-state index in [-0.39, 0.29) is 28.8 Å². The van der Waals surface area contributed by atoms with Gasteiger partial charge in [-0.25, -0.2) is 18.2 Å². The number of anilines is 1. The lowest BCUT2D eigenvalue weighted by Crippen LogP contribution is -2.45. The highest BCUT2D eigenvalue weighted by Gasteiger charge is 2.54. The van der Waals surface area contributed by atoms with E-state index in [2.05, 4.69) is 15.3 Å². The van der Waals surface area contributed by atoms with E-state index in [0.29, 0.717) is 0 Å². The number of amides is 1. The molecule has 2 heterocycles. The first-order valence-electron chi connectivity index (χ1n) is 8.16. The molecule has 6 nitrogen and oxygen atoms in total. The Labute approximate surface area is 163 Å². The second-order valence-electron chi connectivity index (χ2n) is 6.36. The SMILES string of the molecule is CC1(c2cc(NC(=O)c3ncccc3Cl)ccc2F)N=C(N)COCC1(F)F.